The minimum absolute atomic E-state index is 0.220. The quantitative estimate of drug-likeness (QED) is 0.410. The molecule has 1 N–H and O–H groups in total. The number of nitrogens with one attached hydrogen (secondary N) is 1. The fourth-order valence-corrected chi connectivity index (χ4v) is 2.91. The lowest BCUT2D eigenvalue weighted by atomic mass is 10.4. The molecule has 0 fully saturated rings. The summed E-state index contributed by atoms with van der Waals surface area (Å²) in [5.41, 5.74) is 3.16. The van der Waals surface area contributed by atoms with Crippen LogP contribution in [0.5, 0.6) is 0 Å². The average molecular weight is 407 g/mol. The molecular weight excluding hydrogens is 391 g/mol. The van der Waals surface area contributed by atoms with Crippen LogP contribution in [0.4, 0.5) is 0 Å². The van der Waals surface area contributed by atoms with Crippen LogP contribution in [0.25, 0.3) is 22.1 Å². The number of nitrogens with zero attached hydrogens (tertiary/aromatic N) is 5. The summed E-state index contributed by atoms with van der Waals surface area (Å²) in [7, 11) is 0. The number of aromatic amines is 1. The SMILES string of the molecule is CCOC(=O)CCn1ccc2ncnc(Cl)c21.Clc1ncnc2cc[nH]c12. The number of hydrogen-bond donors (Lipinski definition) is 1. The Bertz CT molecular complexity index is 1060. The number of aryl methyl sites for hydroxylation is 1. The highest BCUT2D eigenvalue weighted by molar-refractivity contribution is 6.33. The molecule has 0 radical (unpaired) electrons. The zero-order chi connectivity index (χ0) is 19.2. The largest absolute Gasteiger partial charge is 0.466 e. The summed E-state index contributed by atoms with van der Waals surface area (Å²) in [6.07, 6.45) is 6.79. The van der Waals surface area contributed by atoms with Crippen LogP contribution in [0.3, 0.4) is 0 Å². The van der Waals surface area contributed by atoms with Gasteiger partial charge in [0.15, 0.2) is 10.3 Å². The maximum atomic E-state index is 11.3. The molecule has 4 aromatic rings. The Morgan fingerprint density at radius 3 is 2.59 bits per heavy atom. The predicted octanol–water partition coefficient (Wildman–Crippen LogP) is 3.65. The molecule has 27 heavy (non-hydrogen) atoms. The number of halogens is 2. The molecule has 0 bridgehead atoms. The standard InChI is InChI=1S/C11H12ClN3O2.C6H4ClN3/c1-2-17-9(16)4-6-15-5-3-8-10(15)11(12)14-7-13-8;7-6-5-4(1-2-8-5)9-3-10-6/h3,5,7H,2,4,6H2,1H3;1-3,8H. The smallest absolute Gasteiger partial charge is 0.307 e. The van der Waals surface area contributed by atoms with E-state index in [1.165, 1.54) is 12.7 Å². The van der Waals surface area contributed by atoms with Gasteiger partial charge in [0.25, 0.3) is 0 Å². The van der Waals surface area contributed by atoms with Crippen molar-refractivity contribution in [3.8, 4) is 0 Å². The highest BCUT2D eigenvalue weighted by Crippen LogP contribution is 2.20. The van der Waals surface area contributed by atoms with E-state index in [1.54, 1.807) is 13.1 Å². The van der Waals surface area contributed by atoms with Crippen molar-refractivity contribution in [2.45, 2.75) is 19.9 Å². The Labute approximate surface area is 164 Å². The molecule has 0 spiro atoms. The third-order valence-corrected chi connectivity index (χ3v) is 4.23. The van der Waals surface area contributed by atoms with E-state index in [4.69, 9.17) is 27.9 Å². The first-order valence-electron chi connectivity index (χ1n) is 8.14. The molecule has 0 amide bonds. The Morgan fingerprint density at radius 2 is 1.85 bits per heavy atom. The molecule has 4 aromatic heterocycles. The number of carbonyl (C=O) groups is 1. The number of rotatable bonds is 4. The normalized spacial score (nSPS) is 10.6. The van der Waals surface area contributed by atoms with Gasteiger partial charge in [-0.15, -0.1) is 0 Å². The molecule has 0 aromatic carbocycles. The molecule has 0 aliphatic carbocycles. The van der Waals surface area contributed by atoms with Gasteiger partial charge in [-0.2, -0.15) is 0 Å². The summed E-state index contributed by atoms with van der Waals surface area (Å²) >= 11 is 11.7. The third kappa shape index (κ3) is 4.53. The number of esters is 1. The Kier molecular flexibility index (Phi) is 6.20. The summed E-state index contributed by atoms with van der Waals surface area (Å²) in [5.74, 6) is -0.220. The van der Waals surface area contributed by atoms with Gasteiger partial charge in [0, 0.05) is 18.9 Å². The second kappa shape index (κ2) is 8.79. The molecule has 4 heterocycles. The molecule has 140 valence electrons. The highest BCUT2D eigenvalue weighted by atomic mass is 35.5. The molecule has 0 unspecified atom stereocenters. The van der Waals surface area contributed by atoms with E-state index in [-0.39, 0.29) is 5.97 Å². The molecule has 0 saturated heterocycles. The van der Waals surface area contributed by atoms with Crippen LogP contribution in [-0.2, 0) is 16.1 Å². The Morgan fingerprint density at radius 1 is 1.11 bits per heavy atom. The van der Waals surface area contributed by atoms with E-state index < -0.39 is 0 Å². The fourth-order valence-electron chi connectivity index (χ4n) is 2.46. The van der Waals surface area contributed by atoms with Gasteiger partial charge < -0.3 is 14.3 Å². The van der Waals surface area contributed by atoms with E-state index in [9.17, 15) is 4.79 Å². The van der Waals surface area contributed by atoms with Crippen molar-refractivity contribution in [1.29, 1.82) is 0 Å². The molecule has 0 saturated carbocycles. The zero-order valence-corrected chi connectivity index (χ0v) is 15.9. The topological polar surface area (TPSA) is 98.6 Å². The zero-order valence-electron chi connectivity index (χ0n) is 14.4. The van der Waals surface area contributed by atoms with Crippen molar-refractivity contribution < 1.29 is 9.53 Å². The summed E-state index contributed by atoms with van der Waals surface area (Å²) in [4.78, 5) is 30.0. The average Bonchev–Trinajstić information content (AvgIpc) is 3.29. The minimum atomic E-state index is -0.220. The summed E-state index contributed by atoms with van der Waals surface area (Å²) in [6.45, 7) is 2.69. The molecular formula is C17H16Cl2N6O2. The highest BCUT2D eigenvalue weighted by Gasteiger charge is 2.09. The third-order valence-electron chi connectivity index (χ3n) is 3.67. The van der Waals surface area contributed by atoms with Crippen LogP contribution in [0.1, 0.15) is 13.3 Å². The number of ether oxygens (including phenoxy) is 1. The summed E-state index contributed by atoms with van der Waals surface area (Å²) in [5, 5.41) is 0.860. The fraction of sp³-hybridized carbons (Fsp3) is 0.235. The van der Waals surface area contributed by atoms with Gasteiger partial charge in [-0.05, 0) is 19.1 Å². The van der Waals surface area contributed by atoms with Crippen molar-refractivity contribution in [3.05, 3.63) is 47.5 Å². The molecule has 8 nitrogen and oxygen atoms in total. The van der Waals surface area contributed by atoms with Crippen molar-refractivity contribution >= 4 is 51.2 Å². The van der Waals surface area contributed by atoms with E-state index in [1.807, 2.05) is 22.9 Å². The van der Waals surface area contributed by atoms with Gasteiger partial charge in [-0.25, -0.2) is 19.9 Å². The molecule has 0 aliphatic heterocycles. The maximum absolute atomic E-state index is 11.3. The van der Waals surface area contributed by atoms with Crippen LogP contribution in [0.2, 0.25) is 10.3 Å². The van der Waals surface area contributed by atoms with Gasteiger partial charge in [0.05, 0.1) is 24.1 Å². The lowest BCUT2D eigenvalue weighted by Crippen LogP contribution is -2.08. The van der Waals surface area contributed by atoms with Crippen molar-refractivity contribution in [2.24, 2.45) is 0 Å². The van der Waals surface area contributed by atoms with Crippen LogP contribution in [0, 0.1) is 0 Å². The van der Waals surface area contributed by atoms with E-state index in [2.05, 4.69) is 24.9 Å². The Hall–Kier alpha value is -2.71. The van der Waals surface area contributed by atoms with Crippen LogP contribution in [-0.4, -0.2) is 42.1 Å². The van der Waals surface area contributed by atoms with E-state index in [0.717, 1.165) is 22.1 Å². The first-order valence-corrected chi connectivity index (χ1v) is 8.90. The van der Waals surface area contributed by atoms with Gasteiger partial charge in [0.2, 0.25) is 0 Å². The first-order chi connectivity index (χ1) is 13.1. The predicted molar refractivity (Wildman–Crippen MR) is 103 cm³/mol. The van der Waals surface area contributed by atoms with Gasteiger partial charge in [0.1, 0.15) is 23.7 Å². The second-order valence-electron chi connectivity index (χ2n) is 5.36. The molecule has 0 aliphatic rings. The number of fused-ring (bicyclic) bond motifs is 2. The van der Waals surface area contributed by atoms with Gasteiger partial charge in [-0.3, -0.25) is 4.79 Å². The van der Waals surface area contributed by atoms with Crippen LogP contribution < -0.4 is 0 Å². The van der Waals surface area contributed by atoms with Crippen molar-refractivity contribution in [3.63, 3.8) is 0 Å². The second-order valence-corrected chi connectivity index (χ2v) is 6.08. The lowest BCUT2D eigenvalue weighted by molar-refractivity contribution is -0.143. The number of hydrogen-bond acceptors (Lipinski definition) is 6. The Balaban J connectivity index is 0.000000177. The number of carbonyl (C=O) groups excluding carboxylic acids is 1. The molecule has 10 heteroatoms. The van der Waals surface area contributed by atoms with E-state index >= 15 is 0 Å². The van der Waals surface area contributed by atoms with Gasteiger partial charge in [-0.1, -0.05) is 23.2 Å². The maximum Gasteiger partial charge on any atom is 0.307 e. The van der Waals surface area contributed by atoms with Gasteiger partial charge >= 0.3 is 5.97 Å². The lowest BCUT2D eigenvalue weighted by Gasteiger charge is -2.05. The van der Waals surface area contributed by atoms with Crippen molar-refractivity contribution in [1.82, 2.24) is 29.5 Å². The number of H-pyrrole nitrogens is 1. The minimum Gasteiger partial charge on any atom is -0.466 e. The summed E-state index contributed by atoms with van der Waals surface area (Å²) < 4.78 is 6.72. The summed E-state index contributed by atoms with van der Waals surface area (Å²) in [6, 6.07) is 3.69. The molecule has 0 atom stereocenters. The molecule has 4 rings (SSSR count). The van der Waals surface area contributed by atoms with Crippen molar-refractivity contribution in [2.75, 3.05) is 6.61 Å². The first kappa shape index (κ1) is 19.1. The van der Waals surface area contributed by atoms with Crippen LogP contribution in [0.15, 0.2) is 37.2 Å². The van der Waals surface area contributed by atoms with E-state index in [0.29, 0.717) is 29.9 Å². The monoisotopic (exact) mass is 406 g/mol. The number of aromatic nitrogens is 6. The van der Waals surface area contributed by atoms with Crippen LogP contribution >= 0.6 is 23.2 Å².